The van der Waals surface area contributed by atoms with Gasteiger partial charge in [0.1, 0.15) is 11.4 Å². The number of hydrogen-bond donors (Lipinski definition) is 1. The Morgan fingerprint density at radius 3 is 2.90 bits per heavy atom. The summed E-state index contributed by atoms with van der Waals surface area (Å²) < 4.78 is 4.84. The van der Waals surface area contributed by atoms with Gasteiger partial charge in [0.15, 0.2) is 5.16 Å². The maximum Gasteiger partial charge on any atom is 0.404 e. The number of likely N-dealkylation sites (N-methyl/N-ethyl adjacent to an activating group) is 1. The van der Waals surface area contributed by atoms with Crippen LogP contribution < -0.4 is 15.5 Å². The molecular weight excluding hydrogens is 390 g/mol. The summed E-state index contributed by atoms with van der Waals surface area (Å²) in [4.78, 5) is 36.6. The fourth-order valence-electron chi connectivity index (χ4n) is 3.25. The molecule has 2 N–H and O–H groups in total. The second-order valence-electron chi connectivity index (χ2n) is 6.92. The first-order valence-corrected chi connectivity index (χ1v) is 10.6. The number of hydrogen-bond acceptors (Lipinski definition) is 7. The van der Waals surface area contributed by atoms with Crippen molar-refractivity contribution in [1.29, 1.82) is 0 Å². The van der Waals surface area contributed by atoms with Gasteiger partial charge >= 0.3 is 6.09 Å². The maximum absolute atomic E-state index is 13.3. The first-order chi connectivity index (χ1) is 13.9. The topological polar surface area (TPSA) is 102 Å². The second-order valence-corrected chi connectivity index (χ2v) is 7.70. The van der Waals surface area contributed by atoms with Gasteiger partial charge in [0.25, 0.3) is 5.91 Å². The smallest absolute Gasteiger partial charge is 0.404 e. The van der Waals surface area contributed by atoms with Crippen LogP contribution in [-0.4, -0.2) is 55.0 Å². The van der Waals surface area contributed by atoms with Gasteiger partial charge in [-0.05, 0) is 36.3 Å². The van der Waals surface area contributed by atoms with E-state index < -0.39 is 6.09 Å². The molecule has 1 unspecified atom stereocenters. The summed E-state index contributed by atoms with van der Waals surface area (Å²) >= 11 is 1.45. The standard InChI is InChI=1S/C20H25N5O3S/c1-13(7-10-28-19(21)27)14-5-4-6-15(11-14)25-9-8-24(2)17-16(18(25)26)12-22-20(23-17)29-3/h4-6,11-13H,7-10H2,1-3H3,(H2,21,27). The van der Waals surface area contributed by atoms with Gasteiger partial charge in [-0.25, -0.2) is 14.8 Å². The van der Waals surface area contributed by atoms with E-state index in [-0.39, 0.29) is 18.4 Å². The lowest BCUT2D eigenvalue weighted by Gasteiger charge is -2.22. The van der Waals surface area contributed by atoms with E-state index in [0.29, 0.717) is 36.0 Å². The van der Waals surface area contributed by atoms with Crippen LogP contribution >= 0.6 is 11.8 Å². The molecule has 8 nitrogen and oxygen atoms in total. The zero-order valence-corrected chi connectivity index (χ0v) is 17.6. The van der Waals surface area contributed by atoms with E-state index in [4.69, 9.17) is 10.5 Å². The Kier molecular flexibility index (Phi) is 6.58. The fraction of sp³-hybridized carbons (Fsp3) is 0.400. The summed E-state index contributed by atoms with van der Waals surface area (Å²) in [5, 5.41) is 0.644. The zero-order valence-electron chi connectivity index (χ0n) is 16.8. The molecule has 2 amide bonds. The van der Waals surface area contributed by atoms with Crippen molar-refractivity contribution < 1.29 is 14.3 Å². The molecule has 1 atom stereocenters. The average molecular weight is 416 g/mol. The summed E-state index contributed by atoms with van der Waals surface area (Å²) in [7, 11) is 1.93. The normalized spacial score (nSPS) is 14.9. The van der Waals surface area contributed by atoms with Gasteiger partial charge in [-0.2, -0.15) is 0 Å². The third kappa shape index (κ3) is 4.79. The van der Waals surface area contributed by atoms with Crippen LogP contribution in [0.3, 0.4) is 0 Å². The van der Waals surface area contributed by atoms with Gasteiger partial charge in [0.05, 0.1) is 6.61 Å². The highest BCUT2D eigenvalue weighted by molar-refractivity contribution is 7.98. The van der Waals surface area contributed by atoms with Crippen molar-refractivity contribution in [1.82, 2.24) is 9.97 Å². The summed E-state index contributed by atoms with van der Waals surface area (Å²) in [6.07, 6.45) is 3.40. The summed E-state index contributed by atoms with van der Waals surface area (Å²) in [6, 6.07) is 7.88. The first-order valence-electron chi connectivity index (χ1n) is 9.37. The van der Waals surface area contributed by atoms with Gasteiger partial charge in [-0.3, -0.25) is 4.79 Å². The number of primary amides is 1. The van der Waals surface area contributed by atoms with E-state index in [1.54, 1.807) is 11.1 Å². The van der Waals surface area contributed by atoms with Crippen LogP contribution in [0.2, 0.25) is 0 Å². The molecule has 1 aromatic heterocycles. The fourth-order valence-corrected chi connectivity index (χ4v) is 3.58. The molecule has 0 saturated heterocycles. The first kappa shape index (κ1) is 20.9. The minimum atomic E-state index is -0.768. The van der Waals surface area contributed by atoms with Crippen LogP contribution in [0.4, 0.5) is 16.3 Å². The van der Waals surface area contributed by atoms with E-state index in [1.165, 1.54) is 11.8 Å². The Labute approximate surface area is 174 Å². The highest BCUT2D eigenvalue weighted by Gasteiger charge is 2.28. The summed E-state index contributed by atoms with van der Waals surface area (Å²) in [5.74, 6) is 0.697. The Bertz CT molecular complexity index is 907. The van der Waals surface area contributed by atoms with Gasteiger partial charge < -0.3 is 20.3 Å². The van der Waals surface area contributed by atoms with Gasteiger partial charge in [0, 0.05) is 32.0 Å². The Balaban J connectivity index is 1.84. The number of amides is 2. The van der Waals surface area contributed by atoms with Gasteiger partial charge in [-0.15, -0.1) is 0 Å². The van der Waals surface area contributed by atoms with Crippen LogP contribution in [-0.2, 0) is 4.74 Å². The molecule has 0 radical (unpaired) electrons. The largest absolute Gasteiger partial charge is 0.450 e. The summed E-state index contributed by atoms with van der Waals surface area (Å²) in [5.41, 5.74) is 7.40. The number of fused-ring (bicyclic) bond motifs is 1. The molecule has 3 rings (SSSR count). The van der Waals surface area contributed by atoms with Crippen molar-refractivity contribution in [3.8, 4) is 0 Å². The number of ether oxygens (including phenoxy) is 1. The Morgan fingerprint density at radius 2 is 2.17 bits per heavy atom. The van der Waals surface area contributed by atoms with Crippen LogP contribution in [0.25, 0.3) is 0 Å². The molecule has 0 spiro atoms. The van der Waals surface area contributed by atoms with Crippen LogP contribution in [0, 0.1) is 0 Å². The lowest BCUT2D eigenvalue weighted by atomic mass is 9.97. The molecule has 154 valence electrons. The Hall–Kier alpha value is -2.81. The predicted molar refractivity (Wildman–Crippen MR) is 114 cm³/mol. The molecule has 0 aliphatic carbocycles. The highest BCUT2D eigenvalue weighted by Crippen LogP contribution is 2.29. The average Bonchev–Trinajstić information content (AvgIpc) is 2.84. The van der Waals surface area contributed by atoms with E-state index >= 15 is 0 Å². The number of nitrogens with two attached hydrogens (primary N) is 1. The number of carbonyl (C=O) groups excluding carboxylic acids is 2. The third-order valence-corrected chi connectivity index (χ3v) is 5.53. The van der Waals surface area contributed by atoms with Crippen LogP contribution in [0.5, 0.6) is 0 Å². The molecule has 0 fully saturated rings. The van der Waals surface area contributed by atoms with Gasteiger partial charge in [0.2, 0.25) is 0 Å². The number of nitrogens with zero attached hydrogens (tertiary/aromatic N) is 4. The lowest BCUT2D eigenvalue weighted by molar-refractivity contribution is 0.0989. The zero-order chi connectivity index (χ0) is 21.0. The van der Waals surface area contributed by atoms with Crippen molar-refractivity contribution >= 4 is 35.3 Å². The molecule has 0 bridgehead atoms. The number of aromatic nitrogens is 2. The molecule has 2 aromatic rings. The van der Waals surface area contributed by atoms with Gasteiger partial charge in [-0.1, -0.05) is 30.8 Å². The second kappa shape index (κ2) is 9.13. The van der Waals surface area contributed by atoms with E-state index in [9.17, 15) is 9.59 Å². The van der Waals surface area contributed by atoms with E-state index in [1.807, 2.05) is 42.5 Å². The van der Waals surface area contributed by atoms with Crippen LogP contribution in [0.1, 0.15) is 35.2 Å². The molecule has 0 saturated carbocycles. The van der Waals surface area contributed by atoms with Crippen molar-refractivity contribution in [2.45, 2.75) is 24.4 Å². The van der Waals surface area contributed by atoms with Crippen molar-refractivity contribution in [2.75, 3.05) is 42.8 Å². The number of anilines is 2. The highest BCUT2D eigenvalue weighted by atomic mass is 32.2. The lowest BCUT2D eigenvalue weighted by Crippen LogP contribution is -2.33. The van der Waals surface area contributed by atoms with Crippen molar-refractivity contribution in [2.24, 2.45) is 5.73 Å². The summed E-state index contributed by atoms with van der Waals surface area (Å²) in [6.45, 7) is 3.52. The molecular formula is C20H25N5O3S. The molecule has 2 heterocycles. The molecule has 1 aromatic carbocycles. The Morgan fingerprint density at radius 1 is 1.38 bits per heavy atom. The number of carbonyl (C=O) groups is 2. The third-order valence-electron chi connectivity index (χ3n) is 4.97. The maximum atomic E-state index is 13.3. The SMILES string of the molecule is CSc1ncc2c(n1)N(C)CCN(c1cccc(C(C)CCOC(N)=O)c1)C2=O. The molecule has 1 aliphatic heterocycles. The number of benzene rings is 1. The minimum Gasteiger partial charge on any atom is -0.450 e. The molecule has 9 heteroatoms. The quantitative estimate of drug-likeness (QED) is 0.572. The van der Waals surface area contributed by atoms with E-state index in [0.717, 1.165) is 11.3 Å². The van der Waals surface area contributed by atoms with Crippen molar-refractivity contribution in [3.05, 3.63) is 41.6 Å². The van der Waals surface area contributed by atoms with Crippen molar-refractivity contribution in [3.63, 3.8) is 0 Å². The molecule has 29 heavy (non-hydrogen) atoms. The number of thioether (sulfide) groups is 1. The minimum absolute atomic E-state index is 0.112. The van der Waals surface area contributed by atoms with Crippen LogP contribution in [0.15, 0.2) is 35.6 Å². The monoisotopic (exact) mass is 415 g/mol. The predicted octanol–water partition coefficient (Wildman–Crippen LogP) is 2.88. The molecule has 1 aliphatic rings. The van der Waals surface area contributed by atoms with E-state index in [2.05, 4.69) is 16.9 Å². The number of rotatable bonds is 6.